The lowest BCUT2D eigenvalue weighted by atomic mass is 10.2. The van der Waals surface area contributed by atoms with Crippen molar-refractivity contribution in [3.05, 3.63) is 23.8 Å². The van der Waals surface area contributed by atoms with Crippen molar-refractivity contribution in [1.29, 1.82) is 0 Å². The highest BCUT2D eigenvalue weighted by Crippen LogP contribution is 2.27. The SMILES string of the molecule is COc1ccc(C(=O)NNC(=O)CCC(=O)O)cc1OC. The van der Waals surface area contributed by atoms with E-state index in [1.165, 1.54) is 26.4 Å². The van der Waals surface area contributed by atoms with Gasteiger partial charge in [0.1, 0.15) is 0 Å². The Morgan fingerprint density at radius 1 is 1.05 bits per heavy atom. The summed E-state index contributed by atoms with van der Waals surface area (Å²) in [6.45, 7) is 0. The van der Waals surface area contributed by atoms with Crippen LogP contribution in [0.2, 0.25) is 0 Å². The van der Waals surface area contributed by atoms with Crippen LogP contribution < -0.4 is 20.3 Å². The lowest BCUT2D eigenvalue weighted by molar-refractivity contribution is -0.138. The number of carboxylic acids is 1. The second-order valence-corrected chi connectivity index (χ2v) is 3.97. The second kappa shape index (κ2) is 7.73. The third kappa shape index (κ3) is 5.01. The van der Waals surface area contributed by atoms with Crippen LogP contribution in [0.4, 0.5) is 0 Å². The first-order valence-electron chi connectivity index (χ1n) is 6.01. The summed E-state index contributed by atoms with van der Waals surface area (Å²) in [6.07, 6.45) is -0.528. The summed E-state index contributed by atoms with van der Waals surface area (Å²) in [6, 6.07) is 4.51. The summed E-state index contributed by atoms with van der Waals surface area (Å²) in [5, 5.41) is 8.43. The Kier molecular flexibility index (Phi) is 5.99. The summed E-state index contributed by atoms with van der Waals surface area (Å²) in [7, 11) is 2.91. The van der Waals surface area contributed by atoms with Crippen molar-refractivity contribution >= 4 is 17.8 Å². The molecule has 21 heavy (non-hydrogen) atoms. The van der Waals surface area contributed by atoms with Gasteiger partial charge in [0.2, 0.25) is 5.91 Å². The molecule has 3 N–H and O–H groups in total. The zero-order valence-electron chi connectivity index (χ0n) is 11.6. The molecule has 0 radical (unpaired) electrons. The number of hydrogen-bond acceptors (Lipinski definition) is 5. The Hall–Kier alpha value is -2.77. The molecule has 0 aliphatic rings. The zero-order valence-corrected chi connectivity index (χ0v) is 11.6. The first-order valence-corrected chi connectivity index (χ1v) is 6.01. The zero-order chi connectivity index (χ0) is 15.8. The maximum absolute atomic E-state index is 11.8. The largest absolute Gasteiger partial charge is 0.493 e. The first-order chi connectivity index (χ1) is 9.97. The predicted octanol–water partition coefficient (Wildman–Crippen LogP) is 0.330. The molecule has 0 saturated heterocycles. The van der Waals surface area contributed by atoms with Crippen LogP contribution in [0.25, 0.3) is 0 Å². The van der Waals surface area contributed by atoms with E-state index in [-0.39, 0.29) is 18.4 Å². The van der Waals surface area contributed by atoms with Crippen LogP contribution in [0.1, 0.15) is 23.2 Å². The average molecular weight is 296 g/mol. The molecule has 0 aliphatic heterocycles. The maximum atomic E-state index is 11.8. The van der Waals surface area contributed by atoms with Crippen molar-refractivity contribution in [1.82, 2.24) is 10.9 Å². The Morgan fingerprint density at radius 2 is 1.71 bits per heavy atom. The number of rotatable bonds is 6. The number of amides is 2. The van der Waals surface area contributed by atoms with E-state index < -0.39 is 17.8 Å². The molecule has 0 heterocycles. The van der Waals surface area contributed by atoms with Gasteiger partial charge in [-0.05, 0) is 18.2 Å². The molecule has 0 aliphatic carbocycles. The molecule has 1 rings (SSSR count). The number of hydrogen-bond donors (Lipinski definition) is 3. The van der Waals surface area contributed by atoms with Crippen molar-refractivity contribution in [3.8, 4) is 11.5 Å². The number of carbonyl (C=O) groups excluding carboxylic acids is 2. The molecule has 0 atom stereocenters. The van der Waals surface area contributed by atoms with E-state index in [4.69, 9.17) is 14.6 Å². The highest BCUT2D eigenvalue weighted by atomic mass is 16.5. The minimum absolute atomic E-state index is 0.221. The molecule has 0 fully saturated rings. The van der Waals surface area contributed by atoms with Gasteiger partial charge in [-0.25, -0.2) is 0 Å². The lowest BCUT2D eigenvalue weighted by Gasteiger charge is -2.10. The minimum atomic E-state index is -1.09. The number of methoxy groups -OCH3 is 2. The van der Waals surface area contributed by atoms with E-state index in [2.05, 4.69) is 10.9 Å². The number of ether oxygens (including phenoxy) is 2. The number of hydrazine groups is 1. The van der Waals surface area contributed by atoms with Gasteiger partial charge in [-0.1, -0.05) is 0 Å². The third-order valence-electron chi connectivity index (χ3n) is 2.53. The molecular formula is C13H16N2O6. The molecule has 8 heteroatoms. The van der Waals surface area contributed by atoms with E-state index >= 15 is 0 Å². The number of nitrogens with one attached hydrogen (secondary N) is 2. The molecule has 114 valence electrons. The minimum Gasteiger partial charge on any atom is -0.493 e. The second-order valence-electron chi connectivity index (χ2n) is 3.97. The van der Waals surface area contributed by atoms with E-state index in [1.54, 1.807) is 6.07 Å². The molecule has 0 bridgehead atoms. The molecule has 1 aromatic carbocycles. The summed E-state index contributed by atoms with van der Waals surface area (Å²) in [4.78, 5) is 33.4. The van der Waals surface area contributed by atoms with Gasteiger partial charge < -0.3 is 14.6 Å². The quantitative estimate of drug-likeness (QED) is 0.652. The van der Waals surface area contributed by atoms with Crippen molar-refractivity contribution in [2.24, 2.45) is 0 Å². The monoisotopic (exact) mass is 296 g/mol. The average Bonchev–Trinajstić information content (AvgIpc) is 2.49. The van der Waals surface area contributed by atoms with Crippen molar-refractivity contribution < 1.29 is 29.0 Å². The van der Waals surface area contributed by atoms with Gasteiger partial charge in [0.05, 0.1) is 20.6 Å². The molecule has 0 unspecified atom stereocenters. The molecule has 0 saturated carbocycles. The highest BCUT2D eigenvalue weighted by Gasteiger charge is 2.12. The fourth-order valence-electron chi connectivity index (χ4n) is 1.46. The first kappa shape index (κ1) is 16.3. The standard InChI is InChI=1S/C13H16N2O6/c1-20-9-4-3-8(7-10(9)21-2)13(19)15-14-11(16)5-6-12(17)18/h3-4,7H,5-6H2,1-2H3,(H,14,16)(H,15,19)(H,17,18). The van der Waals surface area contributed by atoms with Crippen LogP contribution in [0, 0.1) is 0 Å². The van der Waals surface area contributed by atoms with Crippen LogP contribution in [0.15, 0.2) is 18.2 Å². The maximum Gasteiger partial charge on any atom is 0.303 e. The van der Waals surface area contributed by atoms with E-state index in [0.717, 1.165) is 0 Å². The van der Waals surface area contributed by atoms with Gasteiger partial charge >= 0.3 is 5.97 Å². The Balaban J connectivity index is 2.59. The fraction of sp³-hybridized carbons (Fsp3) is 0.308. The van der Waals surface area contributed by atoms with E-state index in [1.807, 2.05) is 0 Å². The van der Waals surface area contributed by atoms with Gasteiger partial charge in [-0.15, -0.1) is 0 Å². The van der Waals surface area contributed by atoms with Gasteiger partial charge in [-0.2, -0.15) is 0 Å². The molecule has 0 spiro atoms. The summed E-state index contributed by atoms with van der Waals surface area (Å²) in [5.74, 6) is -1.39. The number of carbonyl (C=O) groups is 3. The topological polar surface area (TPSA) is 114 Å². The van der Waals surface area contributed by atoms with Crippen molar-refractivity contribution in [2.75, 3.05) is 14.2 Å². The van der Waals surface area contributed by atoms with E-state index in [0.29, 0.717) is 11.5 Å². The van der Waals surface area contributed by atoms with Gasteiger partial charge in [0, 0.05) is 12.0 Å². The normalized spacial score (nSPS) is 9.62. The number of carboxylic acid groups (broad SMARTS) is 1. The van der Waals surface area contributed by atoms with E-state index in [9.17, 15) is 14.4 Å². The molecular weight excluding hydrogens is 280 g/mol. The highest BCUT2D eigenvalue weighted by molar-refractivity contribution is 5.96. The Bertz CT molecular complexity index is 543. The summed E-state index contributed by atoms with van der Waals surface area (Å²) < 4.78 is 10.1. The van der Waals surface area contributed by atoms with Crippen molar-refractivity contribution in [2.45, 2.75) is 12.8 Å². The van der Waals surface area contributed by atoms with Gasteiger partial charge in [0.15, 0.2) is 11.5 Å². The van der Waals surface area contributed by atoms with Crippen LogP contribution >= 0.6 is 0 Å². The smallest absolute Gasteiger partial charge is 0.303 e. The van der Waals surface area contributed by atoms with Crippen LogP contribution in [-0.4, -0.2) is 37.1 Å². The molecule has 8 nitrogen and oxygen atoms in total. The Labute approximate surface area is 121 Å². The van der Waals surface area contributed by atoms with Crippen LogP contribution in [0.5, 0.6) is 11.5 Å². The Morgan fingerprint density at radius 3 is 2.29 bits per heavy atom. The summed E-state index contributed by atoms with van der Waals surface area (Å²) in [5.41, 5.74) is 4.57. The predicted molar refractivity (Wildman–Crippen MR) is 72.0 cm³/mol. The number of benzene rings is 1. The third-order valence-corrected chi connectivity index (χ3v) is 2.53. The van der Waals surface area contributed by atoms with Gasteiger partial charge in [-0.3, -0.25) is 25.2 Å². The van der Waals surface area contributed by atoms with Crippen LogP contribution in [0.3, 0.4) is 0 Å². The molecule has 2 amide bonds. The van der Waals surface area contributed by atoms with Crippen LogP contribution in [-0.2, 0) is 9.59 Å². The number of aliphatic carboxylic acids is 1. The molecule has 1 aromatic rings. The van der Waals surface area contributed by atoms with Crippen molar-refractivity contribution in [3.63, 3.8) is 0 Å². The lowest BCUT2D eigenvalue weighted by Crippen LogP contribution is -2.41. The summed E-state index contributed by atoms with van der Waals surface area (Å²) >= 11 is 0. The molecule has 0 aromatic heterocycles. The fourth-order valence-corrected chi connectivity index (χ4v) is 1.46. The van der Waals surface area contributed by atoms with Gasteiger partial charge in [0.25, 0.3) is 5.91 Å².